The number of nitrogens with zero attached hydrogens (tertiary/aromatic N) is 2. The zero-order valence-corrected chi connectivity index (χ0v) is 15.0. The molecule has 0 spiro atoms. The molecule has 7 heteroatoms. The minimum Gasteiger partial charge on any atom is -0.448 e. The SMILES string of the molecule is CCCCCOC(=O)n1nc(-c2cc(Cl)c(C)c(Cl)c2)ccc1=O. The lowest BCUT2D eigenvalue weighted by atomic mass is 10.1. The first-order valence-electron chi connectivity index (χ1n) is 7.67. The highest BCUT2D eigenvalue weighted by Crippen LogP contribution is 2.29. The van der Waals surface area contributed by atoms with Gasteiger partial charge < -0.3 is 4.74 Å². The van der Waals surface area contributed by atoms with Gasteiger partial charge in [-0.2, -0.15) is 5.10 Å². The van der Waals surface area contributed by atoms with Crippen LogP contribution in [0.15, 0.2) is 29.1 Å². The third-order valence-electron chi connectivity index (χ3n) is 3.52. The van der Waals surface area contributed by atoms with Crippen LogP contribution in [-0.4, -0.2) is 22.5 Å². The molecule has 0 radical (unpaired) electrons. The van der Waals surface area contributed by atoms with Crippen LogP contribution in [0.1, 0.15) is 31.7 Å². The zero-order valence-electron chi connectivity index (χ0n) is 13.5. The van der Waals surface area contributed by atoms with Crippen molar-refractivity contribution in [2.75, 3.05) is 6.61 Å². The summed E-state index contributed by atoms with van der Waals surface area (Å²) in [5.74, 6) is 0. The number of carbonyl (C=O) groups excluding carboxylic acids is 1. The van der Waals surface area contributed by atoms with Crippen molar-refractivity contribution in [1.82, 2.24) is 9.78 Å². The van der Waals surface area contributed by atoms with E-state index in [0.29, 0.717) is 26.0 Å². The number of benzene rings is 1. The monoisotopic (exact) mass is 368 g/mol. The molecule has 0 atom stereocenters. The molecule has 0 aliphatic carbocycles. The van der Waals surface area contributed by atoms with Crippen LogP contribution in [-0.2, 0) is 4.74 Å². The molecular weight excluding hydrogens is 351 g/mol. The van der Waals surface area contributed by atoms with Crippen molar-refractivity contribution >= 4 is 29.3 Å². The van der Waals surface area contributed by atoms with Crippen LogP contribution >= 0.6 is 23.2 Å². The van der Waals surface area contributed by atoms with Crippen molar-refractivity contribution in [1.29, 1.82) is 0 Å². The fourth-order valence-electron chi connectivity index (χ4n) is 2.06. The lowest BCUT2D eigenvalue weighted by Gasteiger charge is -2.09. The summed E-state index contributed by atoms with van der Waals surface area (Å²) in [6.07, 6.45) is 1.93. The van der Waals surface area contributed by atoms with Gasteiger partial charge in [-0.3, -0.25) is 4.79 Å². The molecule has 0 bridgehead atoms. The van der Waals surface area contributed by atoms with Crippen molar-refractivity contribution < 1.29 is 9.53 Å². The Kier molecular flexibility index (Phi) is 6.40. The van der Waals surface area contributed by atoms with Gasteiger partial charge in [0.15, 0.2) is 0 Å². The number of ether oxygens (including phenoxy) is 1. The number of unbranched alkanes of at least 4 members (excludes halogenated alkanes) is 2. The molecule has 0 aliphatic rings. The zero-order chi connectivity index (χ0) is 17.7. The molecule has 1 heterocycles. The van der Waals surface area contributed by atoms with E-state index in [1.165, 1.54) is 12.1 Å². The van der Waals surface area contributed by atoms with Crippen LogP contribution in [0.3, 0.4) is 0 Å². The first-order valence-corrected chi connectivity index (χ1v) is 8.43. The Morgan fingerprint density at radius 3 is 2.50 bits per heavy atom. The summed E-state index contributed by atoms with van der Waals surface area (Å²) in [6, 6.07) is 6.15. The Hall–Kier alpha value is -1.85. The summed E-state index contributed by atoms with van der Waals surface area (Å²) < 4.78 is 5.79. The van der Waals surface area contributed by atoms with E-state index in [9.17, 15) is 9.59 Å². The van der Waals surface area contributed by atoms with E-state index in [2.05, 4.69) is 12.0 Å². The maximum absolute atomic E-state index is 12.0. The second-order valence-corrected chi connectivity index (χ2v) is 6.17. The topological polar surface area (TPSA) is 61.2 Å². The number of halogens is 2. The average molecular weight is 369 g/mol. The first kappa shape index (κ1) is 18.5. The molecule has 24 heavy (non-hydrogen) atoms. The van der Waals surface area contributed by atoms with E-state index in [-0.39, 0.29) is 6.61 Å². The quantitative estimate of drug-likeness (QED) is 0.717. The van der Waals surface area contributed by atoms with Gasteiger partial charge in [0.1, 0.15) is 0 Å². The molecule has 1 aromatic heterocycles. The van der Waals surface area contributed by atoms with E-state index >= 15 is 0 Å². The Morgan fingerprint density at radius 1 is 1.21 bits per heavy atom. The van der Waals surface area contributed by atoms with Gasteiger partial charge in [0.25, 0.3) is 5.56 Å². The third-order valence-corrected chi connectivity index (χ3v) is 4.31. The highest BCUT2D eigenvalue weighted by atomic mass is 35.5. The van der Waals surface area contributed by atoms with Crippen LogP contribution in [0.2, 0.25) is 10.0 Å². The van der Waals surface area contributed by atoms with E-state index in [4.69, 9.17) is 27.9 Å². The minimum absolute atomic E-state index is 0.257. The van der Waals surface area contributed by atoms with Crippen molar-refractivity contribution in [2.45, 2.75) is 33.1 Å². The highest BCUT2D eigenvalue weighted by Gasteiger charge is 2.13. The van der Waals surface area contributed by atoms with Gasteiger partial charge in [-0.1, -0.05) is 43.0 Å². The van der Waals surface area contributed by atoms with Gasteiger partial charge in [0.05, 0.1) is 12.3 Å². The van der Waals surface area contributed by atoms with Crippen LogP contribution in [0.5, 0.6) is 0 Å². The Bertz CT molecular complexity index is 780. The summed E-state index contributed by atoms with van der Waals surface area (Å²) in [4.78, 5) is 23.9. The van der Waals surface area contributed by atoms with Gasteiger partial charge in [-0.15, -0.1) is 4.68 Å². The fraction of sp³-hybridized carbons (Fsp3) is 0.353. The normalized spacial score (nSPS) is 10.7. The summed E-state index contributed by atoms with van der Waals surface area (Å²) in [6.45, 7) is 4.11. The Balaban J connectivity index is 2.28. The fourth-order valence-corrected chi connectivity index (χ4v) is 2.55. The maximum Gasteiger partial charge on any atom is 0.438 e. The van der Waals surface area contributed by atoms with Crippen molar-refractivity contribution in [3.05, 3.63) is 50.2 Å². The Labute approximate surface area is 150 Å². The van der Waals surface area contributed by atoms with Crippen molar-refractivity contribution in [2.24, 2.45) is 0 Å². The molecule has 0 fully saturated rings. The summed E-state index contributed by atoms with van der Waals surface area (Å²) in [7, 11) is 0. The van der Waals surface area contributed by atoms with Gasteiger partial charge >= 0.3 is 6.09 Å². The molecular formula is C17H18Cl2N2O3. The smallest absolute Gasteiger partial charge is 0.438 e. The molecule has 5 nitrogen and oxygen atoms in total. The van der Waals surface area contributed by atoms with Crippen molar-refractivity contribution in [3.8, 4) is 11.3 Å². The second kappa shape index (κ2) is 8.31. The summed E-state index contributed by atoms with van der Waals surface area (Å²) >= 11 is 12.3. The first-order chi connectivity index (χ1) is 11.4. The molecule has 0 aliphatic heterocycles. The lowest BCUT2D eigenvalue weighted by Crippen LogP contribution is -2.30. The van der Waals surface area contributed by atoms with E-state index in [1.807, 2.05) is 0 Å². The van der Waals surface area contributed by atoms with E-state index < -0.39 is 11.7 Å². The van der Waals surface area contributed by atoms with E-state index in [1.54, 1.807) is 19.1 Å². The van der Waals surface area contributed by atoms with Crippen molar-refractivity contribution in [3.63, 3.8) is 0 Å². The molecule has 0 amide bonds. The average Bonchev–Trinajstić information content (AvgIpc) is 2.56. The van der Waals surface area contributed by atoms with Gasteiger partial charge in [-0.25, -0.2) is 4.79 Å². The third kappa shape index (κ3) is 4.36. The maximum atomic E-state index is 12.0. The molecule has 0 saturated heterocycles. The number of aromatic nitrogens is 2. The standard InChI is InChI=1S/C17H18Cl2N2O3/c1-3-4-5-8-24-17(23)21-16(22)7-6-15(20-21)12-9-13(18)11(2)14(19)10-12/h6-7,9-10H,3-5,8H2,1-2H3. The number of hydrogen-bond acceptors (Lipinski definition) is 4. The second-order valence-electron chi connectivity index (χ2n) is 5.35. The Morgan fingerprint density at radius 2 is 1.88 bits per heavy atom. The van der Waals surface area contributed by atoms with E-state index in [0.717, 1.165) is 24.8 Å². The molecule has 0 unspecified atom stereocenters. The van der Waals surface area contributed by atoms with Crippen LogP contribution in [0.4, 0.5) is 4.79 Å². The number of hydrogen-bond donors (Lipinski definition) is 0. The molecule has 2 aromatic rings. The summed E-state index contributed by atoms with van der Waals surface area (Å²) in [5.41, 5.74) is 1.22. The predicted molar refractivity (Wildman–Crippen MR) is 95.0 cm³/mol. The minimum atomic E-state index is -0.790. The highest BCUT2D eigenvalue weighted by molar-refractivity contribution is 6.36. The largest absolute Gasteiger partial charge is 0.448 e. The van der Waals surface area contributed by atoms with Crippen LogP contribution in [0, 0.1) is 6.92 Å². The molecule has 1 aromatic carbocycles. The lowest BCUT2D eigenvalue weighted by molar-refractivity contribution is 0.141. The summed E-state index contributed by atoms with van der Waals surface area (Å²) in [5, 5.41) is 5.04. The van der Waals surface area contributed by atoms with Gasteiger partial charge in [0.2, 0.25) is 0 Å². The number of rotatable bonds is 5. The van der Waals surface area contributed by atoms with Gasteiger partial charge in [-0.05, 0) is 37.1 Å². The van der Waals surface area contributed by atoms with Gasteiger partial charge in [0, 0.05) is 21.7 Å². The van der Waals surface area contributed by atoms with Crippen LogP contribution in [0.25, 0.3) is 11.3 Å². The molecule has 0 N–H and O–H groups in total. The molecule has 2 rings (SSSR count). The molecule has 0 saturated carbocycles. The number of carbonyl (C=O) groups is 1. The van der Waals surface area contributed by atoms with Crippen LogP contribution < -0.4 is 5.56 Å². The predicted octanol–water partition coefficient (Wildman–Crippen LogP) is 4.70. The molecule has 128 valence electrons.